The lowest BCUT2D eigenvalue weighted by molar-refractivity contribution is 0.0567. The van der Waals surface area contributed by atoms with Gasteiger partial charge in [-0.15, -0.1) is 0 Å². The van der Waals surface area contributed by atoms with E-state index < -0.39 is 17.8 Å². The Morgan fingerprint density at radius 3 is 2.13 bits per heavy atom. The van der Waals surface area contributed by atoms with Gasteiger partial charge < -0.3 is 14.9 Å². The van der Waals surface area contributed by atoms with Crippen molar-refractivity contribution in [3.63, 3.8) is 0 Å². The van der Waals surface area contributed by atoms with E-state index in [0.29, 0.717) is 35.3 Å². The van der Waals surface area contributed by atoms with Gasteiger partial charge in [-0.3, -0.25) is 9.59 Å². The topological polar surface area (TPSA) is 60.9 Å². The third kappa shape index (κ3) is 6.81. The van der Waals surface area contributed by atoms with Gasteiger partial charge in [0.1, 0.15) is 11.6 Å². The molecule has 0 spiro atoms. The number of aromatic hydroxyl groups is 1. The third-order valence-corrected chi connectivity index (χ3v) is 7.88. The molecular weight excluding hydrogens is 491 g/mol. The van der Waals surface area contributed by atoms with E-state index in [2.05, 4.69) is 9.80 Å². The average molecular weight is 531 g/mol. The summed E-state index contributed by atoms with van der Waals surface area (Å²) in [5, 5.41) is 10.1. The number of likely N-dealkylation sites (tertiary alicyclic amines) is 1. The van der Waals surface area contributed by atoms with Gasteiger partial charge in [-0.1, -0.05) is 48.0 Å². The van der Waals surface area contributed by atoms with Crippen LogP contribution in [0.4, 0.5) is 4.39 Å². The normalized spacial score (nSPS) is 19.8. The summed E-state index contributed by atoms with van der Waals surface area (Å²) in [4.78, 5) is 32.7. The molecule has 0 saturated carbocycles. The number of benzene rings is 3. The molecule has 1 aliphatic heterocycles. The number of piperidine rings is 1. The Hall–Kier alpha value is -3.35. The molecule has 1 heterocycles. The first-order chi connectivity index (χ1) is 18.7. The molecule has 3 atom stereocenters. The molecule has 3 aromatic carbocycles. The van der Waals surface area contributed by atoms with Gasteiger partial charge >= 0.3 is 0 Å². The molecule has 1 aliphatic rings. The van der Waals surface area contributed by atoms with Gasteiger partial charge in [-0.2, -0.15) is 0 Å². The van der Waals surface area contributed by atoms with Crippen molar-refractivity contribution in [1.29, 1.82) is 0 Å². The second kappa shape index (κ2) is 12.7. The zero-order valence-corrected chi connectivity index (χ0v) is 23.4. The van der Waals surface area contributed by atoms with Crippen molar-refractivity contribution in [3.8, 4) is 5.75 Å². The molecule has 0 aromatic heterocycles. The van der Waals surface area contributed by atoms with E-state index in [1.54, 1.807) is 25.1 Å². The highest BCUT2D eigenvalue weighted by molar-refractivity contribution is 6.02. The number of ketones is 2. The van der Waals surface area contributed by atoms with Gasteiger partial charge in [0.05, 0.1) is 0 Å². The zero-order valence-electron chi connectivity index (χ0n) is 23.4. The number of phenols is 1. The highest BCUT2D eigenvalue weighted by Gasteiger charge is 2.45. The molecule has 39 heavy (non-hydrogen) atoms. The van der Waals surface area contributed by atoms with Crippen LogP contribution in [0.5, 0.6) is 5.75 Å². The molecule has 6 heteroatoms. The molecule has 0 radical (unpaired) electrons. The summed E-state index contributed by atoms with van der Waals surface area (Å²) < 4.78 is 14.9. The molecule has 0 unspecified atom stereocenters. The first kappa shape index (κ1) is 28.7. The number of aryl methyl sites for hydroxylation is 1. The summed E-state index contributed by atoms with van der Waals surface area (Å²) in [5.41, 5.74) is 3.17. The summed E-state index contributed by atoms with van der Waals surface area (Å²) in [6.07, 6.45) is 1.96. The number of carbonyl (C=O) groups excluding carboxylic acids is 2. The maximum absolute atomic E-state index is 14.9. The minimum absolute atomic E-state index is 0.0167. The second-order valence-corrected chi connectivity index (χ2v) is 11.1. The van der Waals surface area contributed by atoms with Crippen molar-refractivity contribution in [1.82, 2.24) is 9.80 Å². The van der Waals surface area contributed by atoms with Crippen LogP contribution < -0.4 is 0 Å². The van der Waals surface area contributed by atoms with Gasteiger partial charge in [0.2, 0.25) is 0 Å². The van der Waals surface area contributed by atoms with Crippen molar-refractivity contribution in [2.24, 2.45) is 11.8 Å². The summed E-state index contributed by atoms with van der Waals surface area (Å²) in [7, 11) is 4.10. The van der Waals surface area contributed by atoms with Gasteiger partial charge in [-0.25, -0.2) is 4.39 Å². The second-order valence-electron chi connectivity index (χ2n) is 11.1. The predicted molar refractivity (Wildman–Crippen MR) is 153 cm³/mol. The van der Waals surface area contributed by atoms with Crippen molar-refractivity contribution < 1.29 is 19.1 Å². The van der Waals surface area contributed by atoms with Gasteiger partial charge in [0, 0.05) is 42.0 Å². The largest absolute Gasteiger partial charge is 0.508 e. The maximum Gasteiger partial charge on any atom is 0.167 e. The molecule has 0 amide bonds. The van der Waals surface area contributed by atoms with E-state index in [1.165, 1.54) is 18.2 Å². The van der Waals surface area contributed by atoms with E-state index in [9.17, 15) is 19.1 Å². The van der Waals surface area contributed by atoms with Crippen LogP contribution in [0, 0.1) is 31.5 Å². The number of hydrogen-bond donors (Lipinski definition) is 1. The van der Waals surface area contributed by atoms with Crippen LogP contribution in [0.1, 0.15) is 56.2 Å². The number of Topliss-reactive ketones (excluding diaryl/α,β-unsaturated/α-hetero) is 2. The van der Waals surface area contributed by atoms with Gasteiger partial charge in [0.25, 0.3) is 0 Å². The summed E-state index contributed by atoms with van der Waals surface area (Å²) in [6.45, 7) is 6.38. The van der Waals surface area contributed by atoms with Crippen molar-refractivity contribution >= 4 is 11.6 Å². The Labute approximate surface area is 231 Å². The van der Waals surface area contributed by atoms with E-state index in [-0.39, 0.29) is 23.1 Å². The summed E-state index contributed by atoms with van der Waals surface area (Å²) in [5.74, 6) is -2.10. The fourth-order valence-corrected chi connectivity index (χ4v) is 5.88. The Bertz CT molecular complexity index is 1250. The number of unbranched alkanes of at least 4 members (excludes halogenated alkanes) is 1. The van der Waals surface area contributed by atoms with Crippen molar-refractivity contribution in [3.05, 3.63) is 100 Å². The van der Waals surface area contributed by atoms with E-state index >= 15 is 0 Å². The Kier molecular flexibility index (Phi) is 9.31. The fourth-order valence-electron chi connectivity index (χ4n) is 5.88. The van der Waals surface area contributed by atoms with E-state index in [4.69, 9.17) is 0 Å². The number of halogens is 1. The first-order valence-electron chi connectivity index (χ1n) is 13.7. The molecule has 5 nitrogen and oxygen atoms in total. The third-order valence-electron chi connectivity index (χ3n) is 7.88. The molecule has 1 saturated heterocycles. The lowest BCUT2D eigenvalue weighted by Crippen LogP contribution is -2.50. The SMILES string of the molecule is Cc1cccc(C(=O)[C@@H]2CN(CCCCN(C)C)C[C@H](C(=O)c3cccc(O)c3)[C@H]2c2cccc(F)c2C)c1. The number of nitrogens with zero attached hydrogens (tertiary/aromatic N) is 2. The summed E-state index contributed by atoms with van der Waals surface area (Å²) >= 11 is 0. The van der Waals surface area contributed by atoms with Gasteiger partial charge in [-0.05, 0) is 89.3 Å². The fraction of sp³-hybridized carbons (Fsp3) is 0.394. The Morgan fingerprint density at radius 2 is 1.51 bits per heavy atom. The average Bonchev–Trinajstić information content (AvgIpc) is 2.91. The van der Waals surface area contributed by atoms with Crippen molar-refractivity contribution in [2.45, 2.75) is 32.6 Å². The molecular formula is C33H39FN2O3. The van der Waals surface area contributed by atoms with Crippen LogP contribution in [0.2, 0.25) is 0 Å². The van der Waals surface area contributed by atoms with Crippen LogP contribution in [0.25, 0.3) is 0 Å². The molecule has 206 valence electrons. The molecule has 4 rings (SSSR count). The van der Waals surface area contributed by atoms with Crippen LogP contribution in [0.15, 0.2) is 66.7 Å². The highest BCUT2D eigenvalue weighted by atomic mass is 19.1. The quantitative estimate of drug-likeness (QED) is 0.262. The lowest BCUT2D eigenvalue weighted by atomic mass is 9.67. The molecule has 0 bridgehead atoms. The van der Waals surface area contributed by atoms with Crippen LogP contribution >= 0.6 is 0 Å². The Balaban J connectivity index is 1.79. The number of rotatable bonds is 10. The number of phenolic OH excluding ortho intramolecular Hbond substituents is 1. The minimum atomic E-state index is -0.575. The van der Waals surface area contributed by atoms with Crippen LogP contribution in [-0.2, 0) is 0 Å². The number of hydrogen-bond acceptors (Lipinski definition) is 5. The van der Waals surface area contributed by atoms with E-state index in [1.807, 2.05) is 51.4 Å². The summed E-state index contributed by atoms with van der Waals surface area (Å²) in [6, 6.07) is 18.9. The monoisotopic (exact) mass is 530 g/mol. The minimum Gasteiger partial charge on any atom is -0.508 e. The Morgan fingerprint density at radius 1 is 0.897 bits per heavy atom. The zero-order chi connectivity index (χ0) is 28.1. The van der Waals surface area contributed by atoms with Crippen LogP contribution in [0.3, 0.4) is 0 Å². The highest BCUT2D eigenvalue weighted by Crippen LogP contribution is 2.42. The maximum atomic E-state index is 14.9. The predicted octanol–water partition coefficient (Wildman–Crippen LogP) is 5.89. The van der Waals surface area contributed by atoms with E-state index in [0.717, 1.165) is 31.5 Å². The first-order valence-corrected chi connectivity index (χ1v) is 13.7. The van der Waals surface area contributed by atoms with Crippen molar-refractivity contribution in [2.75, 3.05) is 40.3 Å². The standard InChI is InChI=1S/C33H39FN2O3/c1-22-10-7-11-24(18-22)32(38)28-20-36(17-6-5-16-35(3)4)21-29(33(39)25-12-8-13-26(37)19-25)31(28)27-14-9-15-30(34)23(27)2/h7-15,18-19,28-29,31,37H,5-6,16-17,20-21H2,1-4H3/t28-,29+,31+/m1/s1. The molecule has 0 aliphatic carbocycles. The van der Waals surface area contributed by atoms with Crippen LogP contribution in [-0.4, -0.2) is 66.7 Å². The van der Waals surface area contributed by atoms with Gasteiger partial charge in [0.15, 0.2) is 11.6 Å². The number of carbonyl (C=O) groups is 2. The molecule has 1 fully saturated rings. The smallest absolute Gasteiger partial charge is 0.167 e. The lowest BCUT2D eigenvalue weighted by Gasteiger charge is -2.43. The molecule has 3 aromatic rings. The molecule has 1 N–H and O–H groups in total.